The van der Waals surface area contributed by atoms with E-state index in [0.29, 0.717) is 5.69 Å². The number of aromatic nitrogens is 1. The van der Waals surface area contributed by atoms with Crippen molar-refractivity contribution in [3.05, 3.63) is 24.1 Å². The van der Waals surface area contributed by atoms with Crippen LogP contribution in [-0.4, -0.2) is 17.7 Å². The smallest absolute Gasteiger partial charge is 0.198 e. The molecule has 17 heavy (non-hydrogen) atoms. The third kappa shape index (κ3) is 2.26. The minimum Gasteiger partial charge on any atom is -0.441 e. The van der Waals surface area contributed by atoms with E-state index < -0.39 is 0 Å². The van der Waals surface area contributed by atoms with Crippen LogP contribution in [0.3, 0.4) is 0 Å². The summed E-state index contributed by atoms with van der Waals surface area (Å²) in [6.07, 6.45) is 4.52. The molecule has 1 aliphatic heterocycles. The molecular formula is C13H16N2O2. The summed E-state index contributed by atoms with van der Waals surface area (Å²) in [6.45, 7) is 0.859. The van der Waals surface area contributed by atoms with Gasteiger partial charge < -0.3 is 14.9 Å². The highest BCUT2D eigenvalue weighted by atomic mass is 16.5. The fourth-order valence-corrected chi connectivity index (χ4v) is 2.24. The van der Waals surface area contributed by atoms with Crippen molar-refractivity contribution in [3.8, 4) is 0 Å². The zero-order valence-electron chi connectivity index (χ0n) is 9.69. The molecule has 1 unspecified atom stereocenters. The van der Waals surface area contributed by atoms with Gasteiger partial charge >= 0.3 is 0 Å². The minimum atomic E-state index is 0.258. The Labute approximate surface area is 99.8 Å². The molecule has 0 spiro atoms. The van der Waals surface area contributed by atoms with Crippen molar-refractivity contribution in [2.75, 3.05) is 12.3 Å². The van der Waals surface area contributed by atoms with E-state index in [0.717, 1.165) is 36.4 Å². The first-order valence-corrected chi connectivity index (χ1v) is 6.08. The summed E-state index contributed by atoms with van der Waals surface area (Å²) in [7, 11) is 0. The van der Waals surface area contributed by atoms with Gasteiger partial charge in [0.2, 0.25) is 0 Å². The lowest BCUT2D eigenvalue weighted by Crippen LogP contribution is -2.21. The Morgan fingerprint density at radius 1 is 1.35 bits per heavy atom. The molecule has 1 aliphatic rings. The Morgan fingerprint density at radius 2 is 2.29 bits per heavy atom. The summed E-state index contributed by atoms with van der Waals surface area (Å²) in [4.78, 5) is 4.45. The number of nitrogens with two attached hydrogens (primary N) is 1. The summed E-state index contributed by atoms with van der Waals surface area (Å²) >= 11 is 0. The average Bonchev–Trinajstić information content (AvgIpc) is 2.71. The van der Waals surface area contributed by atoms with Gasteiger partial charge in [-0.2, -0.15) is 0 Å². The van der Waals surface area contributed by atoms with Crippen LogP contribution in [0, 0.1) is 0 Å². The first kappa shape index (κ1) is 10.6. The van der Waals surface area contributed by atoms with Crippen molar-refractivity contribution in [3.63, 3.8) is 0 Å². The number of rotatable bonds is 2. The molecule has 1 aromatic heterocycles. The second-order valence-electron chi connectivity index (χ2n) is 4.53. The Morgan fingerprint density at radius 3 is 3.12 bits per heavy atom. The Balaban J connectivity index is 1.80. The summed E-state index contributed by atoms with van der Waals surface area (Å²) < 4.78 is 11.4. The van der Waals surface area contributed by atoms with Crippen LogP contribution in [0.25, 0.3) is 11.1 Å². The third-order valence-electron chi connectivity index (χ3n) is 3.13. The van der Waals surface area contributed by atoms with Crippen molar-refractivity contribution < 1.29 is 9.15 Å². The molecule has 0 bridgehead atoms. The van der Waals surface area contributed by atoms with Crippen LogP contribution in [0.5, 0.6) is 0 Å². The number of hydrogen-bond acceptors (Lipinski definition) is 4. The van der Waals surface area contributed by atoms with E-state index in [1.807, 2.05) is 18.2 Å². The van der Waals surface area contributed by atoms with Crippen molar-refractivity contribution >= 4 is 16.8 Å². The van der Waals surface area contributed by atoms with Gasteiger partial charge in [-0.3, -0.25) is 0 Å². The fourth-order valence-electron chi connectivity index (χ4n) is 2.24. The molecule has 1 aromatic carbocycles. The van der Waals surface area contributed by atoms with Crippen LogP contribution in [0.4, 0.5) is 5.69 Å². The van der Waals surface area contributed by atoms with Gasteiger partial charge in [0.05, 0.1) is 12.5 Å². The second kappa shape index (κ2) is 4.37. The molecule has 4 nitrogen and oxygen atoms in total. The highest BCUT2D eigenvalue weighted by molar-refractivity contribution is 5.76. The van der Waals surface area contributed by atoms with Gasteiger partial charge in [0.25, 0.3) is 0 Å². The van der Waals surface area contributed by atoms with E-state index in [2.05, 4.69) is 4.98 Å². The van der Waals surface area contributed by atoms with E-state index in [1.165, 1.54) is 12.8 Å². The average molecular weight is 232 g/mol. The SMILES string of the molecule is Nc1ccc2nc(CC3CCCCO3)oc2c1. The molecule has 0 amide bonds. The molecule has 2 N–H and O–H groups in total. The van der Waals surface area contributed by atoms with Gasteiger partial charge in [0.1, 0.15) is 5.52 Å². The molecule has 0 radical (unpaired) electrons. The van der Waals surface area contributed by atoms with E-state index in [1.54, 1.807) is 0 Å². The standard InChI is InChI=1S/C13H16N2O2/c14-9-4-5-11-12(7-9)17-13(15-11)8-10-3-1-2-6-16-10/h4-5,7,10H,1-3,6,8,14H2. The topological polar surface area (TPSA) is 61.3 Å². The summed E-state index contributed by atoms with van der Waals surface area (Å²) in [5, 5.41) is 0. The van der Waals surface area contributed by atoms with Crippen LogP contribution in [0.2, 0.25) is 0 Å². The molecule has 2 heterocycles. The van der Waals surface area contributed by atoms with Crippen LogP contribution in [0.15, 0.2) is 22.6 Å². The van der Waals surface area contributed by atoms with Gasteiger partial charge in [-0.05, 0) is 31.4 Å². The number of hydrogen-bond donors (Lipinski definition) is 1. The highest BCUT2D eigenvalue weighted by Crippen LogP contribution is 2.22. The maximum atomic E-state index is 5.70. The monoisotopic (exact) mass is 232 g/mol. The number of ether oxygens (including phenoxy) is 1. The molecule has 90 valence electrons. The van der Waals surface area contributed by atoms with Crippen LogP contribution in [-0.2, 0) is 11.2 Å². The van der Waals surface area contributed by atoms with Crippen molar-refractivity contribution in [2.45, 2.75) is 31.8 Å². The molecule has 3 rings (SSSR count). The van der Waals surface area contributed by atoms with Crippen molar-refractivity contribution in [2.24, 2.45) is 0 Å². The summed E-state index contributed by atoms with van der Waals surface area (Å²) in [5.74, 6) is 0.748. The number of oxazole rings is 1. The largest absolute Gasteiger partial charge is 0.441 e. The predicted molar refractivity (Wildman–Crippen MR) is 65.7 cm³/mol. The Bertz CT molecular complexity index is 515. The van der Waals surface area contributed by atoms with Gasteiger partial charge in [0.15, 0.2) is 11.5 Å². The van der Waals surface area contributed by atoms with E-state index >= 15 is 0 Å². The van der Waals surface area contributed by atoms with Gasteiger partial charge in [-0.15, -0.1) is 0 Å². The molecule has 1 atom stereocenters. The van der Waals surface area contributed by atoms with E-state index in [-0.39, 0.29) is 6.10 Å². The van der Waals surface area contributed by atoms with E-state index in [9.17, 15) is 0 Å². The predicted octanol–water partition coefficient (Wildman–Crippen LogP) is 2.52. The van der Waals surface area contributed by atoms with Crippen molar-refractivity contribution in [1.82, 2.24) is 4.98 Å². The maximum Gasteiger partial charge on any atom is 0.198 e. The third-order valence-corrected chi connectivity index (χ3v) is 3.13. The van der Waals surface area contributed by atoms with Gasteiger partial charge in [-0.25, -0.2) is 4.98 Å². The molecule has 0 aliphatic carbocycles. The highest BCUT2D eigenvalue weighted by Gasteiger charge is 2.17. The zero-order chi connectivity index (χ0) is 11.7. The van der Waals surface area contributed by atoms with Crippen LogP contribution < -0.4 is 5.73 Å². The Hall–Kier alpha value is -1.55. The van der Waals surface area contributed by atoms with Gasteiger partial charge in [-0.1, -0.05) is 0 Å². The first-order valence-electron chi connectivity index (χ1n) is 6.08. The van der Waals surface area contributed by atoms with E-state index in [4.69, 9.17) is 14.9 Å². The Kier molecular flexibility index (Phi) is 2.73. The lowest BCUT2D eigenvalue weighted by atomic mass is 10.1. The number of anilines is 1. The summed E-state index contributed by atoms with van der Waals surface area (Å²) in [5.41, 5.74) is 8.03. The lowest BCUT2D eigenvalue weighted by Gasteiger charge is -2.20. The normalized spacial score (nSPS) is 20.8. The van der Waals surface area contributed by atoms with Crippen LogP contribution in [0.1, 0.15) is 25.2 Å². The molecule has 1 saturated heterocycles. The van der Waals surface area contributed by atoms with Crippen LogP contribution >= 0.6 is 0 Å². The maximum absolute atomic E-state index is 5.70. The minimum absolute atomic E-state index is 0.258. The van der Waals surface area contributed by atoms with Crippen molar-refractivity contribution in [1.29, 1.82) is 0 Å². The number of fused-ring (bicyclic) bond motifs is 1. The quantitative estimate of drug-likeness (QED) is 0.808. The first-order chi connectivity index (χ1) is 8.31. The number of nitrogen functional groups attached to an aromatic ring is 1. The number of benzene rings is 1. The lowest BCUT2D eigenvalue weighted by molar-refractivity contribution is 0.0134. The van der Waals surface area contributed by atoms with Gasteiger partial charge in [0, 0.05) is 18.4 Å². The molecule has 2 aromatic rings. The summed E-state index contributed by atoms with van der Waals surface area (Å²) in [6, 6.07) is 5.54. The molecule has 0 saturated carbocycles. The molecule has 4 heteroatoms. The fraction of sp³-hybridized carbons (Fsp3) is 0.462. The molecular weight excluding hydrogens is 216 g/mol. The number of nitrogens with zero attached hydrogens (tertiary/aromatic N) is 1. The molecule has 1 fully saturated rings. The zero-order valence-corrected chi connectivity index (χ0v) is 9.69. The second-order valence-corrected chi connectivity index (χ2v) is 4.53.